The fraction of sp³-hybridized carbons (Fsp3) is 0.917. The van der Waals surface area contributed by atoms with E-state index in [1.54, 1.807) is 0 Å². The van der Waals surface area contributed by atoms with Crippen molar-refractivity contribution in [1.82, 2.24) is 4.90 Å². The van der Waals surface area contributed by atoms with Crippen molar-refractivity contribution in [2.24, 2.45) is 17.1 Å². The summed E-state index contributed by atoms with van der Waals surface area (Å²) in [7, 11) is 1.87. The predicted molar refractivity (Wildman–Crippen MR) is 64.5 cm³/mol. The maximum Gasteiger partial charge on any atom is 0.222 e. The van der Waals surface area contributed by atoms with E-state index in [-0.39, 0.29) is 11.3 Å². The summed E-state index contributed by atoms with van der Waals surface area (Å²) in [5, 5.41) is 0. The molecule has 1 atom stereocenters. The van der Waals surface area contributed by atoms with E-state index in [2.05, 4.69) is 27.7 Å². The molecule has 90 valence electrons. The summed E-state index contributed by atoms with van der Waals surface area (Å²) >= 11 is 0. The molecule has 0 heterocycles. The van der Waals surface area contributed by atoms with Crippen LogP contribution in [0.4, 0.5) is 0 Å². The van der Waals surface area contributed by atoms with E-state index in [9.17, 15) is 4.79 Å². The van der Waals surface area contributed by atoms with Crippen molar-refractivity contribution in [3.63, 3.8) is 0 Å². The molecule has 0 rings (SSSR count). The van der Waals surface area contributed by atoms with Gasteiger partial charge in [0.15, 0.2) is 0 Å². The molecular formula is C12H26N2O. The number of rotatable bonds is 5. The van der Waals surface area contributed by atoms with Gasteiger partial charge in [0.25, 0.3) is 0 Å². The second-order valence-corrected chi connectivity index (χ2v) is 5.52. The molecule has 1 amide bonds. The SMILES string of the molecule is CCC(CN)CC(=O)N(C)CC(C)(C)C. The van der Waals surface area contributed by atoms with Gasteiger partial charge in [-0.2, -0.15) is 0 Å². The van der Waals surface area contributed by atoms with Crippen LogP contribution in [0.2, 0.25) is 0 Å². The molecule has 0 aliphatic carbocycles. The van der Waals surface area contributed by atoms with Gasteiger partial charge in [0, 0.05) is 20.0 Å². The van der Waals surface area contributed by atoms with Crippen LogP contribution in [0.1, 0.15) is 40.5 Å². The molecule has 0 radical (unpaired) electrons. The van der Waals surface area contributed by atoms with Crippen LogP contribution in [0.25, 0.3) is 0 Å². The molecule has 0 saturated heterocycles. The van der Waals surface area contributed by atoms with Gasteiger partial charge in [-0.05, 0) is 17.9 Å². The molecule has 0 fully saturated rings. The molecule has 1 unspecified atom stereocenters. The van der Waals surface area contributed by atoms with E-state index in [0.717, 1.165) is 13.0 Å². The van der Waals surface area contributed by atoms with Crippen molar-refractivity contribution in [1.29, 1.82) is 0 Å². The number of carbonyl (C=O) groups excluding carboxylic acids is 1. The number of carbonyl (C=O) groups is 1. The highest BCUT2D eigenvalue weighted by Gasteiger charge is 2.19. The van der Waals surface area contributed by atoms with Crippen LogP contribution in [0.3, 0.4) is 0 Å². The maximum atomic E-state index is 11.8. The Morgan fingerprint density at radius 3 is 2.27 bits per heavy atom. The Kier molecular flexibility index (Phi) is 5.88. The third-order valence-corrected chi connectivity index (χ3v) is 2.51. The van der Waals surface area contributed by atoms with Crippen LogP contribution < -0.4 is 5.73 Å². The molecular weight excluding hydrogens is 188 g/mol. The quantitative estimate of drug-likeness (QED) is 0.759. The van der Waals surface area contributed by atoms with Crippen molar-refractivity contribution < 1.29 is 4.79 Å². The highest BCUT2D eigenvalue weighted by molar-refractivity contribution is 5.76. The van der Waals surface area contributed by atoms with Crippen LogP contribution in [0.15, 0.2) is 0 Å². The minimum Gasteiger partial charge on any atom is -0.345 e. The van der Waals surface area contributed by atoms with Gasteiger partial charge in [0.2, 0.25) is 5.91 Å². The Balaban J connectivity index is 4.09. The number of nitrogens with two attached hydrogens (primary N) is 1. The fourth-order valence-electron chi connectivity index (χ4n) is 1.60. The molecule has 0 aromatic carbocycles. The van der Waals surface area contributed by atoms with Gasteiger partial charge in [0.05, 0.1) is 0 Å². The number of amides is 1. The van der Waals surface area contributed by atoms with E-state index in [0.29, 0.717) is 18.9 Å². The highest BCUT2D eigenvalue weighted by atomic mass is 16.2. The molecule has 0 bridgehead atoms. The number of hydrogen-bond acceptors (Lipinski definition) is 2. The summed E-state index contributed by atoms with van der Waals surface area (Å²) in [5.41, 5.74) is 5.75. The minimum atomic E-state index is 0.162. The third-order valence-electron chi connectivity index (χ3n) is 2.51. The van der Waals surface area contributed by atoms with Crippen LogP contribution >= 0.6 is 0 Å². The second-order valence-electron chi connectivity index (χ2n) is 5.52. The Morgan fingerprint density at radius 2 is 1.93 bits per heavy atom. The number of nitrogens with zero attached hydrogens (tertiary/aromatic N) is 1. The van der Waals surface area contributed by atoms with E-state index in [4.69, 9.17) is 5.73 Å². The van der Waals surface area contributed by atoms with Crippen molar-refractivity contribution in [3.05, 3.63) is 0 Å². The third kappa shape index (κ3) is 6.50. The lowest BCUT2D eigenvalue weighted by Crippen LogP contribution is -2.36. The van der Waals surface area contributed by atoms with Gasteiger partial charge in [-0.15, -0.1) is 0 Å². The van der Waals surface area contributed by atoms with Crippen LogP contribution in [0, 0.1) is 11.3 Å². The molecule has 0 aromatic heterocycles. The topological polar surface area (TPSA) is 46.3 Å². The Bertz CT molecular complexity index is 192. The monoisotopic (exact) mass is 214 g/mol. The Morgan fingerprint density at radius 1 is 1.40 bits per heavy atom. The van der Waals surface area contributed by atoms with Crippen molar-refractivity contribution >= 4 is 5.91 Å². The molecule has 3 nitrogen and oxygen atoms in total. The first-order valence-electron chi connectivity index (χ1n) is 5.74. The molecule has 15 heavy (non-hydrogen) atoms. The summed E-state index contributed by atoms with van der Waals surface area (Å²) < 4.78 is 0. The predicted octanol–water partition coefficient (Wildman–Crippen LogP) is 1.87. The van der Waals surface area contributed by atoms with E-state index in [1.807, 2.05) is 11.9 Å². The molecule has 0 spiro atoms. The average molecular weight is 214 g/mol. The number of hydrogen-bond donors (Lipinski definition) is 1. The van der Waals surface area contributed by atoms with E-state index >= 15 is 0 Å². The molecule has 0 aliphatic rings. The van der Waals surface area contributed by atoms with Gasteiger partial charge in [0.1, 0.15) is 0 Å². The lowest BCUT2D eigenvalue weighted by Gasteiger charge is -2.27. The first-order valence-corrected chi connectivity index (χ1v) is 5.74. The standard InChI is InChI=1S/C12H26N2O/c1-6-10(8-13)7-11(15)14(5)9-12(2,3)4/h10H,6-9,13H2,1-5H3. The first-order chi connectivity index (χ1) is 6.80. The van der Waals surface area contributed by atoms with Crippen molar-refractivity contribution in [3.8, 4) is 0 Å². The van der Waals surface area contributed by atoms with E-state index < -0.39 is 0 Å². The zero-order valence-electron chi connectivity index (χ0n) is 10.8. The first kappa shape index (κ1) is 14.4. The van der Waals surface area contributed by atoms with Crippen LogP contribution in [0.5, 0.6) is 0 Å². The van der Waals surface area contributed by atoms with Crippen molar-refractivity contribution in [2.75, 3.05) is 20.1 Å². The largest absolute Gasteiger partial charge is 0.345 e. The van der Waals surface area contributed by atoms with Crippen LogP contribution in [-0.4, -0.2) is 30.9 Å². The van der Waals surface area contributed by atoms with Gasteiger partial charge in [-0.3, -0.25) is 4.79 Å². The van der Waals surface area contributed by atoms with Gasteiger partial charge < -0.3 is 10.6 Å². The lowest BCUT2D eigenvalue weighted by atomic mass is 9.95. The molecule has 0 aliphatic heterocycles. The molecule has 0 aromatic rings. The summed E-state index contributed by atoms with van der Waals surface area (Å²) in [4.78, 5) is 13.6. The normalized spacial score (nSPS) is 13.7. The van der Waals surface area contributed by atoms with Crippen molar-refractivity contribution in [2.45, 2.75) is 40.5 Å². The van der Waals surface area contributed by atoms with Gasteiger partial charge in [-0.1, -0.05) is 34.1 Å². The lowest BCUT2D eigenvalue weighted by molar-refractivity contribution is -0.132. The molecule has 2 N–H and O–H groups in total. The van der Waals surface area contributed by atoms with E-state index in [1.165, 1.54) is 0 Å². The summed E-state index contributed by atoms with van der Waals surface area (Å²) in [6.07, 6.45) is 1.56. The fourth-order valence-corrected chi connectivity index (χ4v) is 1.60. The highest BCUT2D eigenvalue weighted by Crippen LogP contribution is 2.16. The minimum absolute atomic E-state index is 0.162. The smallest absolute Gasteiger partial charge is 0.222 e. The summed E-state index contributed by atoms with van der Waals surface area (Å²) in [6.45, 7) is 9.89. The van der Waals surface area contributed by atoms with Gasteiger partial charge in [-0.25, -0.2) is 0 Å². The Hall–Kier alpha value is -0.570. The average Bonchev–Trinajstić information content (AvgIpc) is 2.10. The van der Waals surface area contributed by atoms with Crippen LogP contribution in [-0.2, 0) is 4.79 Å². The second kappa shape index (κ2) is 6.11. The summed E-state index contributed by atoms with van der Waals surface area (Å²) in [5.74, 6) is 0.544. The Labute approximate surface area is 94.0 Å². The van der Waals surface area contributed by atoms with Gasteiger partial charge >= 0.3 is 0 Å². The zero-order chi connectivity index (χ0) is 12.1. The summed E-state index contributed by atoms with van der Waals surface area (Å²) in [6, 6.07) is 0. The molecule has 0 saturated carbocycles. The molecule has 3 heteroatoms. The maximum absolute atomic E-state index is 11.8. The zero-order valence-corrected chi connectivity index (χ0v) is 10.8.